The van der Waals surface area contributed by atoms with Gasteiger partial charge in [-0.1, -0.05) is 18.2 Å². The molecule has 2 aromatic carbocycles. The summed E-state index contributed by atoms with van der Waals surface area (Å²) in [5.74, 6) is -4.49. The van der Waals surface area contributed by atoms with Crippen molar-refractivity contribution in [2.24, 2.45) is 0 Å². The number of amides is 1. The fraction of sp³-hybridized carbons (Fsp3) is 0.316. The fourth-order valence-electron chi connectivity index (χ4n) is 2.58. The summed E-state index contributed by atoms with van der Waals surface area (Å²) in [6.45, 7) is 6.54. The quantitative estimate of drug-likeness (QED) is 0.687. The van der Waals surface area contributed by atoms with E-state index in [9.17, 15) is 30.4 Å². The molecule has 0 unspecified atom stereocenters. The van der Waals surface area contributed by atoms with Gasteiger partial charge in [-0.05, 0) is 57.5 Å². The zero-order valence-corrected chi connectivity index (χ0v) is 18.4. The van der Waals surface area contributed by atoms with Crippen LogP contribution in [0.5, 0.6) is 0 Å². The molecular formula is C19H22F2N2O5S2. The average Bonchev–Trinajstić information content (AvgIpc) is 2.60. The summed E-state index contributed by atoms with van der Waals surface area (Å²) in [5, 5.41) is 2.29. The first-order valence-corrected chi connectivity index (χ1v) is 11.8. The lowest BCUT2D eigenvalue weighted by atomic mass is 10.1. The second kappa shape index (κ2) is 8.40. The Balaban J connectivity index is 2.45. The summed E-state index contributed by atoms with van der Waals surface area (Å²) in [7, 11) is -8.88. The van der Waals surface area contributed by atoms with Gasteiger partial charge in [0.1, 0.15) is 0 Å². The van der Waals surface area contributed by atoms with Gasteiger partial charge in [-0.3, -0.25) is 4.79 Å². The number of carbonyl (C=O) groups is 1. The van der Waals surface area contributed by atoms with Crippen molar-refractivity contribution in [3.8, 4) is 0 Å². The smallest absolute Gasteiger partial charge is 0.321 e. The highest BCUT2D eigenvalue weighted by atomic mass is 32.2. The van der Waals surface area contributed by atoms with E-state index in [2.05, 4.69) is 10.0 Å². The van der Waals surface area contributed by atoms with Crippen LogP contribution in [-0.4, -0.2) is 34.0 Å². The summed E-state index contributed by atoms with van der Waals surface area (Å²) in [6.07, 6.45) is 0. The second-order valence-electron chi connectivity index (χ2n) is 7.59. The molecule has 0 aromatic heterocycles. The number of halogens is 2. The van der Waals surface area contributed by atoms with Crippen molar-refractivity contribution in [3.63, 3.8) is 0 Å². The molecule has 2 rings (SSSR count). The van der Waals surface area contributed by atoms with Crippen LogP contribution in [0.25, 0.3) is 0 Å². The van der Waals surface area contributed by atoms with E-state index in [1.165, 1.54) is 30.3 Å². The molecule has 2 aromatic rings. The predicted octanol–water partition coefficient (Wildman–Crippen LogP) is 3.32. The molecule has 0 aliphatic carbocycles. The topological polar surface area (TPSA) is 109 Å². The zero-order chi connectivity index (χ0) is 22.9. The molecule has 0 saturated carbocycles. The van der Waals surface area contributed by atoms with Crippen molar-refractivity contribution in [3.05, 3.63) is 53.6 Å². The van der Waals surface area contributed by atoms with Crippen LogP contribution in [0.15, 0.2) is 52.3 Å². The van der Waals surface area contributed by atoms with E-state index in [0.29, 0.717) is 5.56 Å². The van der Waals surface area contributed by atoms with Gasteiger partial charge in [-0.25, -0.2) is 21.6 Å². The lowest BCUT2D eigenvalue weighted by Crippen LogP contribution is -2.40. The van der Waals surface area contributed by atoms with E-state index >= 15 is 0 Å². The number of sulfone groups is 1. The Morgan fingerprint density at radius 2 is 1.60 bits per heavy atom. The van der Waals surface area contributed by atoms with Crippen LogP contribution in [0.3, 0.4) is 0 Å². The number of hydrogen-bond acceptors (Lipinski definition) is 5. The molecule has 1 amide bonds. The third-order valence-electron chi connectivity index (χ3n) is 3.88. The summed E-state index contributed by atoms with van der Waals surface area (Å²) < 4.78 is 77.2. The minimum atomic E-state index is -4.95. The van der Waals surface area contributed by atoms with E-state index in [4.69, 9.17) is 0 Å². The molecule has 0 aliphatic heterocycles. The van der Waals surface area contributed by atoms with Gasteiger partial charge in [0.2, 0.25) is 19.9 Å². The first-order valence-electron chi connectivity index (χ1n) is 8.72. The molecule has 0 bridgehead atoms. The molecule has 0 saturated heterocycles. The normalized spacial score (nSPS) is 12.8. The molecule has 164 valence electrons. The highest BCUT2D eigenvalue weighted by molar-refractivity contribution is 7.91. The lowest BCUT2D eigenvalue weighted by molar-refractivity contribution is 0.102. The van der Waals surface area contributed by atoms with Crippen molar-refractivity contribution < 1.29 is 30.4 Å². The van der Waals surface area contributed by atoms with Crippen LogP contribution in [0, 0.1) is 6.92 Å². The number of sulfonamides is 1. The van der Waals surface area contributed by atoms with Crippen molar-refractivity contribution >= 4 is 31.5 Å². The number of anilines is 1. The van der Waals surface area contributed by atoms with Gasteiger partial charge in [0.15, 0.2) is 0 Å². The summed E-state index contributed by atoms with van der Waals surface area (Å²) >= 11 is 0. The molecule has 0 radical (unpaired) electrons. The van der Waals surface area contributed by atoms with E-state index in [1.807, 2.05) is 0 Å². The number of alkyl halides is 2. The Morgan fingerprint density at radius 1 is 1.00 bits per heavy atom. The third kappa shape index (κ3) is 5.41. The van der Waals surface area contributed by atoms with Crippen LogP contribution in [-0.2, 0) is 19.9 Å². The predicted molar refractivity (Wildman–Crippen MR) is 109 cm³/mol. The van der Waals surface area contributed by atoms with Gasteiger partial charge < -0.3 is 5.32 Å². The Morgan fingerprint density at radius 3 is 2.17 bits per heavy atom. The Labute approximate surface area is 174 Å². The van der Waals surface area contributed by atoms with Gasteiger partial charge in [0, 0.05) is 11.1 Å². The molecule has 0 atom stereocenters. The highest BCUT2D eigenvalue weighted by Crippen LogP contribution is 2.27. The van der Waals surface area contributed by atoms with Gasteiger partial charge in [-0.2, -0.15) is 8.78 Å². The molecule has 0 fully saturated rings. The van der Waals surface area contributed by atoms with Crippen LogP contribution in [0.1, 0.15) is 36.7 Å². The van der Waals surface area contributed by atoms with Gasteiger partial charge >= 0.3 is 5.76 Å². The number of aryl methyl sites for hydroxylation is 1. The molecule has 30 heavy (non-hydrogen) atoms. The van der Waals surface area contributed by atoms with Gasteiger partial charge in [-0.15, -0.1) is 0 Å². The zero-order valence-electron chi connectivity index (χ0n) is 16.7. The Hall–Kier alpha value is -2.37. The fourth-order valence-corrected chi connectivity index (χ4v) is 4.91. The first kappa shape index (κ1) is 23.9. The molecule has 0 heterocycles. The molecule has 2 N–H and O–H groups in total. The van der Waals surface area contributed by atoms with E-state index in [-0.39, 0.29) is 16.1 Å². The minimum Gasteiger partial charge on any atom is -0.321 e. The Kier molecular flexibility index (Phi) is 6.69. The standard InChI is InChI=1S/C19H22F2N2O5S2/c1-12-9-10-13(30(27,28)23-19(2,3)4)11-14(12)17(24)22-15-7-5-6-8-16(15)29(25,26)18(20)21/h5-11,18,23H,1-4H3,(H,22,24). The second-order valence-corrected chi connectivity index (χ2v) is 11.2. The third-order valence-corrected chi connectivity index (χ3v) is 7.07. The van der Waals surface area contributed by atoms with Crippen LogP contribution < -0.4 is 10.0 Å². The van der Waals surface area contributed by atoms with Crippen molar-refractivity contribution in [2.45, 2.75) is 48.8 Å². The highest BCUT2D eigenvalue weighted by Gasteiger charge is 2.30. The number of carbonyl (C=O) groups excluding carboxylic acids is 1. The van der Waals surface area contributed by atoms with E-state index in [0.717, 1.165) is 12.1 Å². The lowest BCUT2D eigenvalue weighted by Gasteiger charge is -2.21. The number of para-hydroxylation sites is 1. The molecule has 0 spiro atoms. The number of nitrogens with one attached hydrogen (secondary N) is 2. The summed E-state index contributed by atoms with van der Waals surface area (Å²) in [6, 6.07) is 8.65. The number of rotatable bonds is 6. The van der Waals surface area contributed by atoms with Gasteiger partial charge in [0.25, 0.3) is 5.91 Å². The van der Waals surface area contributed by atoms with Crippen LogP contribution in [0.2, 0.25) is 0 Å². The maximum absolute atomic E-state index is 12.9. The van der Waals surface area contributed by atoms with Crippen molar-refractivity contribution in [1.29, 1.82) is 0 Å². The summed E-state index contributed by atoms with van der Waals surface area (Å²) in [4.78, 5) is 11.8. The van der Waals surface area contributed by atoms with Crippen LogP contribution >= 0.6 is 0 Å². The maximum Gasteiger partial charge on any atom is 0.341 e. The largest absolute Gasteiger partial charge is 0.341 e. The molecule has 7 nitrogen and oxygen atoms in total. The maximum atomic E-state index is 12.9. The number of hydrogen-bond donors (Lipinski definition) is 2. The van der Waals surface area contributed by atoms with E-state index < -0.39 is 42.0 Å². The Bertz CT molecular complexity index is 1170. The summed E-state index contributed by atoms with van der Waals surface area (Å²) in [5.41, 5.74) is -0.718. The average molecular weight is 461 g/mol. The van der Waals surface area contributed by atoms with Crippen molar-refractivity contribution in [1.82, 2.24) is 4.72 Å². The van der Waals surface area contributed by atoms with E-state index in [1.54, 1.807) is 27.7 Å². The van der Waals surface area contributed by atoms with Crippen molar-refractivity contribution in [2.75, 3.05) is 5.32 Å². The first-order chi connectivity index (χ1) is 13.6. The minimum absolute atomic E-state index is 0.0453. The molecular weight excluding hydrogens is 438 g/mol. The van der Waals surface area contributed by atoms with Crippen LogP contribution in [0.4, 0.5) is 14.5 Å². The molecule has 0 aliphatic rings. The number of benzene rings is 2. The van der Waals surface area contributed by atoms with Gasteiger partial charge in [0.05, 0.1) is 15.5 Å². The SMILES string of the molecule is Cc1ccc(S(=O)(=O)NC(C)(C)C)cc1C(=O)Nc1ccccc1S(=O)(=O)C(F)F. The molecule has 11 heteroatoms. The monoisotopic (exact) mass is 460 g/mol.